The van der Waals surface area contributed by atoms with Crippen LogP contribution in [0, 0.1) is 17.6 Å². The predicted molar refractivity (Wildman–Crippen MR) is 55.3 cm³/mol. The molecule has 0 saturated carbocycles. The minimum Gasteiger partial charge on any atom is -0.453 e. The molecule has 0 N–H and O–H groups in total. The molecule has 0 atom stereocenters. The van der Waals surface area contributed by atoms with Crippen LogP contribution < -0.4 is 0 Å². The molecular weight excluding hydrogens is 214 g/mol. The quantitative estimate of drug-likeness (QED) is 0.730. The standard InChI is InChI=1S/C12H10F2O2/c1-6(2)12(15)11-4-7-3-8(13)9(14)5-10(7)16-11/h3-6H,1-2H3. The summed E-state index contributed by atoms with van der Waals surface area (Å²) in [7, 11) is 0. The van der Waals surface area contributed by atoms with Gasteiger partial charge in [-0.2, -0.15) is 0 Å². The molecule has 0 radical (unpaired) electrons. The Labute approximate surface area is 90.9 Å². The van der Waals surface area contributed by atoms with Gasteiger partial charge in [-0.15, -0.1) is 0 Å². The summed E-state index contributed by atoms with van der Waals surface area (Å²) in [6.07, 6.45) is 0. The third-order valence-electron chi connectivity index (χ3n) is 2.33. The van der Waals surface area contributed by atoms with E-state index >= 15 is 0 Å². The fourth-order valence-electron chi connectivity index (χ4n) is 1.44. The molecule has 0 spiro atoms. The number of rotatable bonds is 2. The largest absolute Gasteiger partial charge is 0.453 e. The molecule has 1 aromatic carbocycles. The van der Waals surface area contributed by atoms with Crippen LogP contribution in [0.5, 0.6) is 0 Å². The zero-order chi connectivity index (χ0) is 11.9. The van der Waals surface area contributed by atoms with E-state index in [9.17, 15) is 13.6 Å². The van der Waals surface area contributed by atoms with Crippen molar-refractivity contribution in [2.45, 2.75) is 13.8 Å². The van der Waals surface area contributed by atoms with Gasteiger partial charge in [-0.1, -0.05) is 13.8 Å². The van der Waals surface area contributed by atoms with Gasteiger partial charge in [-0.05, 0) is 12.1 Å². The van der Waals surface area contributed by atoms with E-state index in [0.717, 1.165) is 12.1 Å². The van der Waals surface area contributed by atoms with Crippen molar-refractivity contribution in [2.24, 2.45) is 5.92 Å². The summed E-state index contributed by atoms with van der Waals surface area (Å²) in [5.74, 6) is -2.19. The molecule has 2 aromatic rings. The monoisotopic (exact) mass is 224 g/mol. The van der Waals surface area contributed by atoms with Crippen LogP contribution >= 0.6 is 0 Å². The average Bonchev–Trinajstić information content (AvgIpc) is 2.60. The zero-order valence-corrected chi connectivity index (χ0v) is 8.88. The van der Waals surface area contributed by atoms with Gasteiger partial charge in [-0.25, -0.2) is 8.78 Å². The third kappa shape index (κ3) is 1.71. The van der Waals surface area contributed by atoms with E-state index in [-0.39, 0.29) is 23.0 Å². The molecule has 0 unspecified atom stereocenters. The highest BCUT2D eigenvalue weighted by Gasteiger charge is 2.17. The Morgan fingerprint density at radius 1 is 1.19 bits per heavy atom. The Hall–Kier alpha value is -1.71. The van der Waals surface area contributed by atoms with Gasteiger partial charge >= 0.3 is 0 Å². The van der Waals surface area contributed by atoms with E-state index in [1.165, 1.54) is 6.07 Å². The lowest BCUT2D eigenvalue weighted by Crippen LogP contribution is -2.05. The molecule has 84 valence electrons. The molecule has 0 aliphatic carbocycles. The molecule has 4 heteroatoms. The first kappa shape index (κ1) is 10.8. The minimum atomic E-state index is -0.981. The van der Waals surface area contributed by atoms with Gasteiger partial charge < -0.3 is 4.42 Å². The fraction of sp³-hybridized carbons (Fsp3) is 0.250. The number of fused-ring (bicyclic) bond motifs is 1. The van der Waals surface area contributed by atoms with Crippen molar-refractivity contribution in [3.63, 3.8) is 0 Å². The molecule has 0 amide bonds. The van der Waals surface area contributed by atoms with Gasteiger partial charge in [0.1, 0.15) is 5.58 Å². The Bertz CT molecular complexity index is 516. The Balaban J connectivity index is 2.56. The van der Waals surface area contributed by atoms with E-state index in [0.29, 0.717) is 5.39 Å². The Morgan fingerprint density at radius 3 is 2.44 bits per heavy atom. The molecule has 0 aliphatic rings. The summed E-state index contributed by atoms with van der Waals surface area (Å²) in [5, 5.41) is 0.392. The summed E-state index contributed by atoms with van der Waals surface area (Å²) in [4.78, 5) is 11.6. The second-order valence-corrected chi connectivity index (χ2v) is 3.93. The number of benzene rings is 1. The maximum absolute atomic E-state index is 12.9. The van der Waals surface area contributed by atoms with Crippen molar-refractivity contribution < 1.29 is 18.0 Å². The van der Waals surface area contributed by atoms with Crippen LogP contribution in [-0.2, 0) is 0 Å². The van der Waals surface area contributed by atoms with Gasteiger partial charge in [0, 0.05) is 17.4 Å². The molecule has 2 nitrogen and oxygen atoms in total. The topological polar surface area (TPSA) is 30.2 Å². The lowest BCUT2D eigenvalue weighted by atomic mass is 10.1. The van der Waals surface area contributed by atoms with Crippen LogP contribution in [0.25, 0.3) is 11.0 Å². The lowest BCUT2D eigenvalue weighted by molar-refractivity contribution is 0.0913. The van der Waals surface area contributed by atoms with Gasteiger partial charge in [0.25, 0.3) is 0 Å². The highest BCUT2D eigenvalue weighted by atomic mass is 19.2. The SMILES string of the molecule is CC(C)C(=O)c1cc2cc(F)c(F)cc2o1. The Kier molecular flexibility index (Phi) is 2.50. The number of hydrogen-bond donors (Lipinski definition) is 0. The number of hydrogen-bond acceptors (Lipinski definition) is 2. The van der Waals surface area contributed by atoms with E-state index in [1.807, 2.05) is 0 Å². The van der Waals surface area contributed by atoms with E-state index < -0.39 is 11.6 Å². The highest BCUT2D eigenvalue weighted by Crippen LogP contribution is 2.23. The molecule has 0 bridgehead atoms. The van der Waals surface area contributed by atoms with Crippen LogP contribution in [0.15, 0.2) is 22.6 Å². The number of ketones is 1. The van der Waals surface area contributed by atoms with Crippen molar-refractivity contribution in [1.29, 1.82) is 0 Å². The van der Waals surface area contributed by atoms with Crippen molar-refractivity contribution in [3.05, 3.63) is 35.6 Å². The smallest absolute Gasteiger partial charge is 0.200 e. The first-order valence-electron chi connectivity index (χ1n) is 4.92. The molecule has 1 heterocycles. The number of Topliss-reactive ketones (excluding diaryl/α,β-unsaturated/α-hetero) is 1. The fourth-order valence-corrected chi connectivity index (χ4v) is 1.44. The van der Waals surface area contributed by atoms with Crippen molar-refractivity contribution in [3.8, 4) is 0 Å². The summed E-state index contributed by atoms with van der Waals surface area (Å²) in [6.45, 7) is 3.47. The number of halogens is 2. The second kappa shape index (κ2) is 3.70. The van der Waals surface area contributed by atoms with E-state index in [1.54, 1.807) is 13.8 Å². The maximum Gasteiger partial charge on any atom is 0.200 e. The molecule has 0 fully saturated rings. The number of furan rings is 1. The summed E-state index contributed by atoms with van der Waals surface area (Å²) >= 11 is 0. The van der Waals surface area contributed by atoms with E-state index in [2.05, 4.69) is 0 Å². The second-order valence-electron chi connectivity index (χ2n) is 3.93. The number of carbonyl (C=O) groups excluding carboxylic acids is 1. The number of carbonyl (C=O) groups is 1. The minimum absolute atomic E-state index is 0.134. The predicted octanol–water partition coefficient (Wildman–Crippen LogP) is 3.55. The summed E-state index contributed by atoms with van der Waals surface area (Å²) in [5.41, 5.74) is 0.183. The zero-order valence-electron chi connectivity index (χ0n) is 8.88. The van der Waals surface area contributed by atoms with Crippen LogP contribution in [-0.4, -0.2) is 5.78 Å². The summed E-state index contributed by atoms with van der Waals surface area (Å²) < 4.78 is 31.0. The molecular formula is C12H10F2O2. The normalized spacial score (nSPS) is 11.3. The van der Waals surface area contributed by atoms with Crippen molar-refractivity contribution in [1.82, 2.24) is 0 Å². The van der Waals surface area contributed by atoms with Crippen LogP contribution in [0.3, 0.4) is 0 Å². The van der Waals surface area contributed by atoms with Crippen molar-refractivity contribution in [2.75, 3.05) is 0 Å². The highest BCUT2D eigenvalue weighted by molar-refractivity contribution is 5.98. The van der Waals surface area contributed by atoms with Gasteiger partial charge in [0.2, 0.25) is 5.78 Å². The third-order valence-corrected chi connectivity index (χ3v) is 2.33. The maximum atomic E-state index is 12.9. The molecule has 2 rings (SSSR count). The van der Waals surface area contributed by atoms with Crippen LogP contribution in [0.2, 0.25) is 0 Å². The van der Waals surface area contributed by atoms with Crippen molar-refractivity contribution >= 4 is 16.8 Å². The van der Waals surface area contributed by atoms with E-state index in [4.69, 9.17) is 4.42 Å². The molecule has 16 heavy (non-hydrogen) atoms. The first-order chi connectivity index (χ1) is 7.49. The van der Waals surface area contributed by atoms with Gasteiger partial charge in [-0.3, -0.25) is 4.79 Å². The molecule has 0 aliphatic heterocycles. The van der Waals surface area contributed by atoms with Crippen LogP contribution in [0.1, 0.15) is 24.4 Å². The van der Waals surface area contributed by atoms with Crippen LogP contribution in [0.4, 0.5) is 8.78 Å². The molecule has 1 aromatic heterocycles. The van der Waals surface area contributed by atoms with Gasteiger partial charge in [0.15, 0.2) is 17.4 Å². The Morgan fingerprint density at radius 2 is 1.81 bits per heavy atom. The molecule has 0 saturated heterocycles. The van der Waals surface area contributed by atoms with Gasteiger partial charge in [0.05, 0.1) is 0 Å². The summed E-state index contributed by atoms with van der Waals surface area (Å²) in [6, 6.07) is 3.40. The lowest BCUT2D eigenvalue weighted by Gasteiger charge is -1.97. The average molecular weight is 224 g/mol. The first-order valence-corrected chi connectivity index (χ1v) is 4.92.